The van der Waals surface area contributed by atoms with Gasteiger partial charge in [0.2, 0.25) is 0 Å². The average Bonchev–Trinajstić information content (AvgIpc) is 2.27. The average molecular weight is 269 g/mol. The van der Waals surface area contributed by atoms with Crippen molar-refractivity contribution >= 4 is 6.09 Å². The summed E-state index contributed by atoms with van der Waals surface area (Å²) in [4.78, 5) is 13.7. The van der Waals surface area contributed by atoms with E-state index in [1.807, 2.05) is 39.8 Å². The van der Waals surface area contributed by atoms with Crippen molar-refractivity contribution in [3.05, 3.63) is 12.2 Å². The molecule has 19 heavy (non-hydrogen) atoms. The summed E-state index contributed by atoms with van der Waals surface area (Å²) in [6.07, 6.45) is 5.47. The number of nitrogens with zero attached hydrogens (tertiary/aromatic N) is 1. The van der Waals surface area contributed by atoms with Crippen molar-refractivity contribution in [1.29, 1.82) is 0 Å². The number of ether oxygens (including phenoxy) is 2. The highest BCUT2D eigenvalue weighted by Crippen LogP contribution is 2.26. The molecule has 110 valence electrons. The van der Waals surface area contributed by atoms with Gasteiger partial charge >= 0.3 is 6.09 Å². The third-order valence-electron chi connectivity index (χ3n) is 3.24. The van der Waals surface area contributed by atoms with Gasteiger partial charge in [-0.15, -0.1) is 0 Å². The van der Waals surface area contributed by atoms with Gasteiger partial charge in [-0.1, -0.05) is 12.2 Å². The van der Waals surface area contributed by atoms with Crippen LogP contribution in [0.15, 0.2) is 12.2 Å². The molecule has 0 N–H and O–H groups in total. The molecule has 0 atom stereocenters. The summed E-state index contributed by atoms with van der Waals surface area (Å²) in [5.74, 6) is 0. The van der Waals surface area contributed by atoms with Gasteiger partial charge in [-0.25, -0.2) is 4.79 Å². The van der Waals surface area contributed by atoms with E-state index in [4.69, 9.17) is 9.47 Å². The molecule has 1 aliphatic heterocycles. The SMILES string of the molecule is C/C=C/COC1(C)CCN(C(=O)OC(C)(C)C)CC1. The minimum atomic E-state index is -0.430. The Morgan fingerprint density at radius 2 is 1.89 bits per heavy atom. The van der Waals surface area contributed by atoms with E-state index in [2.05, 4.69) is 6.92 Å². The Bertz CT molecular complexity index is 323. The van der Waals surface area contributed by atoms with E-state index in [-0.39, 0.29) is 11.7 Å². The molecule has 0 aliphatic carbocycles. The van der Waals surface area contributed by atoms with E-state index >= 15 is 0 Å². The van der Waals surface area contributed by atoms with Crippen LogP contribution in [0.5, 0.6) is 0 Å². The number of hydrogen-bond donors (Lipinski definition) is 0. The molecule has 0 unspecified atom stereocenters. The molecule has 1 saturated heterocycles. The Hall–Kier alpha value is -1.03. The Labute approximate surface area is 116 Å². The largest absolute Gasteiger partial charge is 0.444 e. The maximum atomic E-state index is 11.9. The Kier molecular flexibility index (Phi) is 5.41. The van der Waals surface area contributed by atoms with Crippen LogP contribution in [0, 0.1) is 0 Å². The molecule has 0 bridgehead atoms. The molecule has 1 heterocycles. The van der Waals surface area contributed by atoms with Crippen LogP contribution in [-0.4, -0.2) is 41.9 Å². The molecule has 0 aromatic heterocycles. The predicted octanol–water partition coefficient (Wildman–Crippen LogP) is 3.37. The molecule has 1 rings (SSSR count). The fourth-order valence-electron chi connectivity index (χ4n) is 1.98. The van der Waals surface area contributed by atoms with Crippen molar-refractivity contribution in [2.75, 3.05) is 19.7 Å². The van der Waals surface area contributed by atoms with Crippen LogP contribution in [0.4, 0.5) is 4.79 Å². The van der Waals surface area contributed by atoms with Gasteiger partial charge in [0.25, 0.3) is 0 Å². The van der Waals surface area contributed by atoms with Gasteiger partial charge in [-0.2, -0.15) is 0 Å². The lowest BCUT2D eigenvalue weighted by atomic mass is 9.93. The maximum Gasteiger partial charge on any atom is 0.410 e. The number of piperidine rings is 1. The van der Waals surface area contributed by atoms with Gasteiger partial charge in [-0.05, 0) is 47.5 Å². The van der Waals surface area contributed by atoms with E-state index in [0.29, 0.717) is 19.7 Å². The van der Waals surface area contributed by atoms with Crippen molar-refractivity contribution < 1.29 is 14.3 Å². The molecule has 0 aromatic carbocycles. The van der Waals surface area contributed by atoms with Crippen LogP contribution in [-0.2, 0) is 9.47 Å². The first-order valence-corrected chi connectivity index (χ1v) is 6.99. The van der Waals surface area contributed by atoms with Gasteiger partial charge in [0, 0.05) is 13.1 Å². The smallest absolute Gasteiger partial charge is 0.410 e. The first kappa shape index (κ1) is 16.0. The van der Waals surface area contributed by atoms with Crippen molar-refractivity contribution in [2.24, 2.45) is 0 Å². The van der Waals surface area contributed by atoms with Crippen molar-refractivity contribution in [3.8, 4) is 0 Å². The van der Waals surface area contributed by atoms with Gasteiger partial charge in [0.15, 0.2) is 0 Å². The van der Waals surface area contributed by atoms with E-state index in [0.717, 1.165) is 12.8 Å². The molecular weight excluding hydrogens is 242 g/mol. The summed E-state index contributed by atoms with van der Waals surface area (Å²) in [6, 6.07) is 0. The fourth-order valence-corrected chi connectivity index (χ4v) is 1.98. The standard InChI is InChI=1S/C15H27NO3/c1-6-7-12-18-15(5)8-10-16(11-9-15)13(17)19-14(2,3)4/h6-7H,8-12H2,1-5H3/b7-6+. The van der Waals surface area contributed by atoms with E-state index in [1.54, 1.807) is 4.90 Å². The summed E-state index contributed by atoms with van der Waals surface area (Å²) >= 11 is 0. The van der Waals surface area contributed by atoms with Crippen LogP contribution in [0.2, 0.25) is 0 Å². The topological polar surface area (TPSA) is 38.8 Å². The summed E-state index contributed by atoms with van der Waals surface area (Å²) in [5.41, 5.74) is -0.557. The van der Waals surface area contributed by atoms with Gasteiger partial charge in [0.05, 0.1) is 12.2 Å². The minimum absolute atomic E-state index is 0.127. The van der Waals surface area contributed by atoms with E-state index in [9.17, 15) is 4.79 Å². The second-order valence-corrected chi connectivity index (χ2v) is 6.30. The molecule has 0 aromatic rings. The number of amides is 1. The van der Waals surface area contributed by atoms with Gasteiger partial charge in [0.1, 0.15) is 5.60 Å². The third kappa shape index (κ3) is 5.64. The highest BCUT2D eigenvalue weighted by molar-refractivity contribution is 5.68. The zero-order valence-corrected chi connectivity index (χ0v) is 12.9. The van der Waals surface area contributed by atoms with E-state index in [1.165, 1.54) is 0 Å². The lowest BCUT2D eigenvalue weighted by molar-refractivity contribution is -0.0619. The van der Waals surface area contributed by atoms with Gasteiger partial charge < -0.3 is 14.4 Å². The minimum Gasteiger partial charge on any atom is -0.444 e. The van der Waals surface area contributed by atoms with Crippen LogP contribution in [0.3, 0.4) is 0 Å². The normalized spacial score (nSPS) is 19.7. The summed E-state index contributed by atoms with van der Waals surface area (Å²) in [7, 11) is 0. The highest BCUT2D eigenvalue weighted by atomic mass is 16.6. The Balaban J connectivity index is 2.41. The maximum absolute atomic E-state index is 11.9. The Morgan fingerprint density at radius 1 is 1.32 bits per heavy atom. The number of likely N-dealkylation sites (tertiary alicyclic amines) is 1. The molecule has 0 spiro atoms. The molecule has 1 fully saturated rings. The van der Waals surface area contributed by atoms with Crippen LogP contribution < -0.4 is 0 Å². The second kappa shape index (κ2) is 6.42. The lowest BCUT2D eigenvalue weighted by Gasteiger charge is -2.39. The molecule has 1 aliphatic rings. The molecule has 0 radical (unpaired) electrons. The molecule has 0 saturated carbocycles. The lowest BCUT2D eigenvalue weighted by Crippen LogP contribution is -2.48. The van der Waals surface area contributed by atoms with Crippen molar-refractivity contribution in [2.45, 2.75) is 58.7 Å². The van der Waals surface area contributed by atoms with Crippen LogP contribution >= 0.6 is 0 Å². The number of carbonyl (C=O) groups is 1. The zero-order chi connectivity index (χ0) is 14.5. The van der Waals surface area contributed by atoms with Crippen LogP contribution in [0.25, 0.3) is 0 Å². The quantitative estimate of drug-likeness (QED) is 0.737. The first-order chi connectivity index (χ1) is 8.76. The number of allylic oxidation sites excluding steroid dienone is 1. The third-order valence-corrected chi connectivity index (χ3v) is 3.24. The summed E-state index contributed by atoms with van der Waals surface area (Å²) in [5, 5.41) is 0. The second-order valence-electron chi connectivity index (χ2n) is 6.30. The fraction of sp³-hybridized carbons (Fsp3) is 0.800. The molecular formula is C15H27NO3. The van der Waals surface area contributed by atoms with Crippen molar-refractivity contribution in [1.82, 2.24) is 4.90 Å². The number of hydrogen-bond acceptors (Lipinski definition) is 3. The van der Waals surface area contributed by atoms with Crippen molar-refractivity contribution in [3.63, 3.8) is 0 Å². The Morgan fingerprint density at radius 3 is 2.37 bits per heavy atom. The molecule has 1 amide bonds. The molecule has 4 nitrogen and oxygen atoms in total. The predicted molar refractivity (Wildman–Crippen MR) is 76.2 cm³/mol. The zero-order valence-electron chi connectivity index (χ0n) is 12.9. The highest BCUT2D eigenvalue weighted by Gasteiger charge is 2.33. The summed E-state index contributed by atoms with van der Waals surface area (Å²) in [6.45, 7) is 11.8. The monoisotopic (exact) mass is 269 g/mol. The van der Waals surface area contributed by atoms with Gasteiger partial charge in [-0.3, -0.25) is 0 Å². The first-order valence-electron chi connectivity index (χ1n) is 6.99. The van der Waals surface area contributed by atoms with Crippen LogP contribution in [0.1, 0.15) is 47.5 Å². The summed E-state index contributed by atoms with van der Waals surface area (Å²) < 4.78 is 11.3. The number of carbonyl (C=O) groups excluding carboxylic acids is 1. The van der Waals surface area contributed by atoms with E-state index < -0.39 is 5.60 Å². The molecule has 4 heteroatoms. The number of rotatable bonds is 3.